The normalized spacial score (nSPS) is 20.4. The largest absolute Gasteiger partial charge is 0.309 e. The first-order chi connectivity index (χ1) is 10.1. The topological polar surface area (TPSA) is 33.1 Å². The third-order valence-corrected chi connectivity index (χ3v) is 5.12. The molecule has 1 aromatic heterocycles. The summed E-state index contributed by atoms with van der Waals surface area (Å²) in [5.74, 6) is 0. The molecule has 1 aliphatic rings. The SMILES string of the molecule is CCNC(c1cnn(CC)c1)C1(N(C)C)CCCCCC1. The van der Waals surface area contributed by atoms with E-state index in [9.17, 15) is 0 Å². The van der Waals surface area contributed by atoms with Crippen molar-refractivity contribution in [3.05, 3.63) is 18.0 Å². The highest BCUT2D eigenvalue weighted by Gasteiger charge is 2.41. The van der Waals surface area contributed by atoms with Gasteiger partial charge in [0.1, 0.15) is 0 Å². The zero-order valence-electron chi connectivity index (χ0n) is 14.2. The lowest BCUT2D eigenvalue weighted by atomic mass is 9.78. The minimum atomic E-state index is 0.216. The fourth-order valence-electron chi connectivity index (χ4n) is 3.86. The van der Waals surface area contributed by atoms with E-state index in [2.05, 4.69) is 55.7 Å². The molecule has 1 aliphatic carbocycles. The van der Waals surface area contributed by atoms with Crippen molar-refractivity contribution < 1.29 is 0 Å². The summed E-state index contributed by atoms with van der Waals surface area (Å²) in [5.41, 5.74) is 1.56. The second-order valence-corrected chi connectivity index (χ2v) is 6.53. The lowest BCUT2D eigenvalue weighted by Crippen LogP contribution is -2.53. The van der Waals surface area contributed by atoms with Gasteiger partial charge in [0.05, 0.1) is 12.2 Å². The van der Waals surface area contributed by atoms with Gasteiger partial charge < -0.3 is 10.2 Å². The molecule has 0 bridgehead atoms. The van der Waals surface area contributed by atoms with Crippen LogP contribution in [0.15, 0.2) is 12.4 Å². The van der Waals surface area contributed by atoms with Gasteiger partial charge in [-0.15, -0.1) is 0 Å². The second-order valence-electron chi connectivity index (χ2n) is 6.53. The van der Waals surface area contributed by atoms with Gasteiger partial charge in [0.25, 0.3) is 0 Å². The summed E-state index contributed by atoms with van der Waals surface area (Å²) in [5, 5.41) is 8.27. The second kappa shape index (κ2) is 7.41. The van der Waals surface area contributed by atoms with Crippen LogP contribution in [0.2, 0.25) is 0 Å². The number of nitrogens with one attached hydrogen (secondary N) is 1. The van der Waals surface area contributed by atoms with Crippen molar-refractivity contribution >= 4 is 0 Å². The molecule has 4 nitrogen and oxygen atoms in total. The molecule has 0 saturated heterocycles. The lowest BCUT2D eigenvalue weighted by Gasteiger charge is -2.46. The number of likely N-dealkylation sites (N-methyl/N-ethyl adjacent to an activating group) is 2. The Morgan fingerprint density at radius 3 is 2.38 bits per heavy atom. The maximum absolute atomic E-state index is 4.50. The van der Waals surface area contributed by atoms with Gasteiger partial charge >= 0.3 is 0 Å². The van der Waals surface area contributed by atoms with E-state index in [-0.39, 0.29) is 5.54 Å². The molecular formula is C17H32N4. The van der Waals surface area contributed by atoms with Crippen molar-refractivity contribution in [1.82, 2.24) is 20.0 Å². The summed E-state index contributed by atoms with van der Waals surface area (Å²) in [4.78, 5) is 2.47. The van der Waals surface area contributed by atoms with E-state index in [1.807, 2.05) is 4.68 Å². The molecule has 0 amide bonds. The van der Waals surface area contributed by atoms with Crippen LogP contribution in [-0.2, 0) is 6.54 Å². The summed E-state index contributed by atoms with van der Waals surface area (Å²) in [6.07, 6.45) is 12.3. The highest BCUT2D eigenvalue weighted by atomic mass is 15.3. The third kappa shape index (κ3) is 3.49. The summed E-state index contributed by atoms with van der Waals surface area (Å²) < 4.78 is 2.04. The zero-order valence-corrected chi connectivity index (χ0v) is 14.2. The molecule has 0 aromatic carbocycles. The van der Waals surface area contributed by atoms with E-state index in [1.165, 1.54) is 44.1 Å². The highest BCUT2D eigenvalue weighted by molar-refractivity contribution is 5.18. The van der Waals surface area contributed by atoms with Crippen molar-refractivity contribution in [1.29, 1.82) is 0 Å². The molecule has 0 radical (unpaired) electrons. The van der Waals surface area contributed by atoms with Gasteiger partial charge in [-0.25, -0.2) is 0 Å². The minimum absolute atomic E-state index is 0.216. The summed E-state index contributed by atoms with van der Waals surface area (Å²) in [6.45, 7) is 6.29. The molecule has 1 N–H and O–H groups in total. The van der Waals surface area contributed by atoms with Crippen LogP contribution in [0.25, 0.3) is 0 Å². The van der Waals surface area contributed by atoms with Crippen LogP contribution in [0, 0.1) is 0 Å². The van der Waals surface area contributed by atoms with Crippen LogP contribution in [-0.4, -0.2) is 40.9 Å². The number of hydrogen-bond donors (Lipinski definition) is 1. The van der Waals surface area contributed by atoms with Crippen molar-refractivity contribution in [2.75, 3.05) is 20.6 Å². The molecule has 1 unspecified atom stereocenters. The monoisotopic (exact) mass is 292 g/mol. The fraction of sp³-hybridized carbons (Fsp3) is 0.824. The van der Waals surface area contributed by atoms with Crippen molar-refractivity contribution in [3.63, 3.8) is 0 Å². The zero-order chi connectivity index (χ0) is 15.3. The number of hydrogen-bond acceptors (Lipinski definition) is 3. The minimum Gasteiger partial charge on any atom is -0.309 e. The molecule has 4 heteroatoms. The summed E-state index contributed by atoms with van der Waals surface area (Å²) in [7, 11) is 4.50. The Balaban J connectivity index is 2.35. The smallest absolute Gasteiger partial charge is 0.0538 e. The fourth-order valence-corrected chi connectivity index (χ4v) is 3.86. The maximum atomic E-state index is 4.50. The average Bonchev–Trinajstić information content (AvgIpc) is 2.81. The van der Waals surface area contributed by atoms with E-state index in [4.69, 9.17) is 0 Å². The molecule has 1 aromatic rings. The maximum Gasteiger partial charge on any atom is 0.0538 e. The molecular weight excluding hydrogens is 260 g/mol. The molecule has 0 aliphatic heterocycles. The Labute approximate surface area is 129 Å². The van der Waals surface area contributed by atoms with Crippen molar-refractivity contribution in [3.8, 4) is 0 Å². The number of aryl methyl sites for hydroxylation is 1. The molecule has 0 spiro atoms. The summed E-state index contributed by atoms with van der Waals surface area (Å²) >= 11 is 0. The van der Waals surface area contributed by atoms with Crippen molar-refractivity contribution in [2.45, 2.75) is 70.5 Å². The summed E-state index contributed by atoms with van der Waals surface area (Å²) in [6, 6.07) is 0.371. The van der Waals surface area contributed by atoms with Crippen LogP contribution in [0.1, 0.15) is 64.0 Å². The van der Waals surface area contributed by atoms with Gasteiger partial charge in [0.2, 0.25) is 0 Å². The van der Waals surface area contributed by atoms with Crippen LogP contribution < -0.4 is 5.32 Å². The molecule has 1 fully saturated rings. The van der Waals surface area contributed by atoms with Gasteiger partial charge in [-0.2, -0.15) is 5.10 Å². The van der Waals surface area contributed by atoms with E-state index in [1.54, 1.807) is 0 Å². The first-order valence-electron chi connectivity index (χ1n) is 8.57. The quantitative estimate of drug-likeness (QED) is 0.817. The van der Waals surface area contributed by atoms with E-state index >= 15 is 0 Å². The third-order valence-electron chi connectivity index (χ3n) is 5.12. The Hall–Kier alpha value is -0.870. The highest BCUT2D eigenvalue weighted by Crippen LogP contribution is 2.41. The molecule has 1 atom stereocenters. The van der Waals surface area contributed by atoms with Crippen molar-refractivity contribution in [2.24, 2.45) is 0 Å². The van der Waals surface area contributed by atoms with Gasteiger partial charge in [-0.05, 0) is 40.4 Å². The van der Waals surface area contributed by atoms with Crippen LogP contribution in [0.4, 0.5) is 0 Å². The number of rotatable bonds is 6. The number of aromatic nitrogens is 2. The standard InChI is InChI=1S/C17H32N4/c1-5-18-16(15-13-19-21(6-2)14-15)17(20(3)4)11-9-7-8-10-12-17/h13-14,16,18H,5-12H2,1-4H3. The van der Waals surface area contributed by atoms with Gasteiger partial charge in [0.15, 0.2) is 0 Å². The first kappa shape index (κ1) is 16.5. The predicted molar refractivity (Wildman–Crippen MR) is 88.4 cm³/mol. The van der Waals surface area contributed by atoms with Crippen LogP contribution in [0.5, 0.6) is 0 Å². The van der Waals surface area contributed by atoms with Gasteiger partial charge in [-0.3, -0.25) is 4.68 Å². The molecule has 2 rings (SSSR count). The molecule has 1 saturated carbocycles. The van der Waals surface area contributed by atoms with E-state index < -0.39 is 0 Å². The Morgan fingerprint density at radius 1 is 1.24 bits per heavy atom. The average molecular weight is 292 g/mol. The van der Waals surface area contributed by atoms with Gasteiger partial charge in [-0.1, -0.05) is 32.6 Å². The predicted octanol–water partition coefficient (Wildman–Crippen LogP) is 3.21. The first-order valence-corrected chi connectivity index (χ1v) is 8.57. The van der Waals surface area contributed by atoms with Gasteiger partial charge in [0, 0.05) is 23.8 Å². The Kier molecular flexibility index (Phi) is 5.82. The van der Waals surface area contributed by atoms with E-state index in [0.29, 0.717) is 6.04 Å². The van der Waals surface area contributed by atoms with Crippen LogP contribution in [0.3, 0.4) is 0 Å². The lowest BCUT2D eigenvalue weighted by molar-refractivity contribution is 0.0806. The molecule has 1 heterocycles. The molecule has 21 heavy (non-hydrogen) atoms. The Bertz CT molecular complexity index is 416. The van der Waals surface area contributed by atoms with Crippen LogP contribution >= 0.6 is 0 Å². The van der Waals surface area contributed by atoms with E-state index in [0.717, 1.165) is 13.1 Å². The number of nitrogens with zero attached hydrogens (tertiary/aromatic N) is 3. The Morgan fingerprint density at radius 2 is 1.90 bits per heavy atom. The molecule has 120 valence electrons.